The number of hydrogen-bond acceptors (Lipinski definition) is 3. The number of nitrogens with zero attached hydrogens (tertiary/aromatic N) is 3. The minimum absolute atomic E-state index is 0.0247. The number of hydrogen-bond donors (Lipinski definition) is 1. The molecule has 1 N–H and O–H groups in total. The number of nitrogens with one attached hydrogen (secondary N) is 1. The SMILES string of the molecule is Fc1cccc(-n2ncc3c(=S)nc(C(F)F)[nH]c32)c1. The van der Waals surface area contributed by atoms with Crippen LogP contribution in [0.25, 0.3) is 16.7 Å². The summed E-state index contributed by atoms with van der Waals surface area (Å²) < 4.78 is 40.1. The zero-order chi connectivity index (χ0) is 14.3. The molecule has 0 fully saturated rings. The molecule has 0 aliphatic carbocycles. The van der Waals surface area contributed by atoms with Crippen LogP contribution < -0.4 is 0 Å². The maximum atomic E-state index is 13.2. The van der Waals surface area contributed by atoms with Gasteiger partial charge in [-0.3, -0.25) is 0 Å². The molecular weight excluding hydrogens is 289 g/mol. The Bertz CT molecular complexity index is 840. The van der Waals surface area contributed by atoms with Crippen LogP contribution in [0.2, 0.25) is 0 Å². The average Bonchev–Trinajstić information content (AvgIpc) is 2.83. The van der Waals surface area contributed by atoms with Crippen molar-refractivity contribution in [1.82, 2.24) is 19.7 Å². The molecule has 3 rings (SSSR count). The highest BCUT2D eigenvalue weighted by atomic mass is 32.1. The quantitative estimate of drug-likeness (QED) is 0.736. The molecular formula is C12H7F3N4S. The van der Waals surface area contributed by atoms with E-state index in [0.29, 0.717) is 11.1 Å². The normalized spacial score (nSPS) is 11.4. The fraction of sp³-hybridized carbons (Fsp3) is 0.0833. The van der Waals surface area contributed by atoms with Gasteiger partial charge in [0.1, 0.15) is 16.1 Å². The van der Waals surface area contributed by atoms with Crippen molar-refractivity contribution in [3.8, 4) is 5.69 Å². The topological polar surface area (TPSA) is 46.5 Å². The molecule has 0 bridgehead atoms. The van der Waals surface area contributed by atoms with E-state index in [1.807, 2.05) is 0 Å². The van der Waals surface area contributed by atoms with Crippen LogP contribution in [0.15, 0.2) is 30.5 Å². The van der Waals surface area contributed by atoms with Crippen molar-refractivity contribution in [3.05, 3.63) is 46.7 Å². The molecule has 8 heteroatoms. The van der Waals surface area contributed by atoms with E-state index in [9.17, 15) is 13.2 Å². The molecule has 2 heterocycles. The average molecular weight is 296 g/mol. The van der Waals surface area contributed by atoms with Crippen LogP contribution in [0.5, 0.6) is 0 Å². The third-order valence-electron chi connectivity index (χ3n) is 2.73. The fourth-order valence-electron chi connectivity index (χ4n) is 1.85. The first-order chi connectivity index (χ1) is 9.56. The predicted octanol–water partition coefficient (Wildman–Crippen LogP) is 3.55. The monoisotopic (exact) mass is 296 g/mol. The summed E-state index contributed by atoms with van der Waals surface area (Å²) in [6, 6.07) is 5.63. The molecule has 2 aromatic heterocycles. The smallest absolute Gasteiger partial charge is 0.295 e. The van der Waals surface area contributed by atoms with Gasteiger partial charge in [-0.1, -0.05) is 18.3 Å². The van der Waals surface area contributed by atoms with E-state index in [-0.39, 0.29) is 10.3 Å². The molecule has 0 atom stereocenters. The Labute approximate surface area is 115 Å². The van der Waals surface area contributed by atoms with Crippen molar-refractivity contribution in [2.75, 3.05) is 0 Å². The molecule has 20 heavy (non-hydrogen) atoms. The molecule has 3 aromatic rings. The van der Waals surface area contributed by atoms with Gasteiger partial charge in [0.05, 0.1) is 17.3 Å². The first kappa shape index (κ1) is 12.8. The van der Waals surface area contributed by atoms with Crippen molar-refractivity contribution < 1.29 is 13.2 Å². The second-order valence-electron chi connectivity index (χ2n) is 4.03. The van der Waals surface area contributed by atoms with Crippen molar-refractivity contribution >= 4 is 23.3 Å². The van der Waals surface area contributed by atoms with Gasteiger partial charge in [-0.15, -0.1) is 0 Å². The van der Waals surface area contributed by atoms with Crippen molar-refractivity contribution in [3.63, 3.8) is 0 Å². The van der Waals surface area contributed by atoms with Crippen LogP contribution in [-0.2, 0) is 0 Å². The largest absolute Gasteiger partial charge is 0.323 e. The van der Waals surface area contributed by atoms with Crippen LogP contribution in [0.3, 0.4) is 0 Å². The highest BCUT2D eigenvalue weighted by Crippen LogP contribution is 2.21. The van der Waals surface area contributed by atoms with Crippen molar-refractivity contribution in [2.45, 2.75) is 6.43 Å². The van der Waals surface area contributed by atoms with Crippen molar-refractivity contribution in [1.29, 1.82) is 0 Å². The number of benzene rings is 1. The third kappa shape index (κ3) is 2.07. The van der Waals surface area contributed by atoms with Gasteiger partial charge in [0.2, 0.25) is 0 Å². The predicted molar refractivity (Wildman–Crippen MR) is 69.0 cm³/mol. The molecule has 0 saturated heterocycles. The molecule has 0 radical (unpaired) electrons. The molecule has 1 aromatic carbocycles. The van der Waals surface area contributed by atoms with Gasteiger partial charge in [0.25, 0.3) is 6.43 Å². The Hall–Kier alpha value is -2.22. The molecule has 4 nitrogen and oxygen atoms in total. The van der Waals surface area contributed by atoms with E-state index < -0.39 is 18.1 Å². The molecule has 0 amide bonds. The number of alkyl halides is 2. The number of halogens is 3. The van der Waals surface area contributed by atoms with Gasteiger partial charge < -0.3 is 4.98 Å². The first-order valence-corrected chi connectivity index (χ1v) is 5.99. The number of fused-ring (bicyclic) bond motifs is 1. The zero-order valence-corrected chi connectivity index (χ0v) is 10.7. The second-order valence-corrected chi connectivity index (χ2v) is 4.41. The van der Waals surface area contributed by atoms with E-state index in [1.54, 1.807) is 6.07 Å². The van der Waals surface area contributed by atoms with E-state index in [0.717, 1.165) is 0 Å². The zero-order valence-electron chi connectivity index (χ0n) is 9.85. The second kappa shape index (κ2) is 4.71. The van der Waals surface area contributed by atoms with Crippen LogP contribution in [0.1, 0.15) is 12.2 Å². The highest BCUT2D eigenvalue weighted by molar-refractivity contribution is 7.71. The van der Waals surface area contributed by atoms with E-state index in [4.69, 9.17) is 12.2 Å². The molecule has 0 aliphatic heterocycles. The molecule has 0 unspecified atom stereocenters. The Balaban J connectivity index is 2.30. The lowest BCUT2D eigenvalue weighted by atomic mass is 10.3. The van der Waals surface area contributed by atoms with Crippen LogP contribution in [-0.4, -0.2) is 19.7 Å². The standard InChI is InChI=1S/C12H7F3N4S/c13-6-2-1-3-7(4-6)19-11-8(5-16-19)12(20)18-10(17-11)9(14)15/h1-5,9H,(H,17,18,20). The van der Waals surface area contributed by atoms with Gasteiger partial charge in [-0.05, 0) is 18.2 Å². The first-order valence-electron chi connectivity index (χ1n) is 5.58. The number of H-pyrrole nitrogens is 1. The summed E-state index contributed by atoms with van der Waals surface area (Å²) in [5.41, 5.74) is 0.656. The van der Waals surface area contributed by atoms with Gasteiger partial charge in [0, 0.05) is 0 Å². The summed E-state index contributed by atoms with van der Waals surface area (Å²) in [5.74, 6) is -0.992. The van der Waals surface area contributed by atoms with Crippen LogP contribution in [0.4, 0.5) is 13.2 Å². The minimum atomic E-state index is -2.78. The Morgan fingerprint density at radius 3 is 2.80 bits per heavy atom. The number of rotatable bonds is 2. The van der Waals surface area contributed by atoms with Gasteiger partial charge in [-0.25, -0.2) is 22.8 Å². The summed E-state index contributed by atoms with van der Waals surface area (Å²) in [7, 11) is 0. The van der Waals surface area contributed by atoms with E-state index in [1.165, 1.54) is 29.1 Å². The number of aromatic amines is 1. The Kier molecular flexibility index (Phi) is 3.01. The highest BCUT2D eigenvalue weighted by Gasteiger charge is 2.14. The lowest BCUT2D eigenvalue weighted by Crippen LogP contribution is -2.02. The van der Waals surface area contributed by atoms with Gasteiger partial charge >= 0.3 is 0 Å². The molecule has 0 saturated carbocycles. The van der Waals surface area contributed by atoms with Gasteiger partial charge in [-0.2, -0.15) is 5.10 Å². The van der Waals surface area contributed by atoms with Crippen molar-refractivity contribution in [2.24, 2.45) is 0 Å². The maximum Gasteiger partial charge on any atom is 0.295 e. The minimum Gasteiger partial charge on any atom is -0.323 e. The van der Waals surface area contributed by atoms with Crippen LogP contribution in [0, 0.1) is 10.5 Å². The molecule has 0 aliphatic rings. The summed E-state index contributed by atoms with van der Waals surface area (Å²) >= 11 is 4.96. The summed E-state index contributed by atoms with van der Waals surface area (Å²) in [5, 5.41) is 4.46. The lowest BCUT2D eigenvalue weighted by molar-refractivity contribution is 0.140. The lowest BCUT2D eigenvalue weighted by Gasteiger charge is -2.05. The number of aromatic nitrogens is 4. The van der Waals surface area contributed by atoms with Crippen LogP contribution >= 0.6 is 12.2 Å². The maximum absolute atomic E-state index is 13.2. The molecule has 102 valence electrons. The van der Waals surface area contributed by atoms with E-state index >= 15 is 0 Å². The summed E-state index contributed by atoms with van der Waals surface area (Å²) in [4.78, 5) is 6.09. The molecule has 0 spiro atoms. The van der Waals surface area contributed by atoms with Gasteiger partial charge in [0.15, 0.2) is 5.82 Å². The Morgan fingerprint density at radius 1 is 1.30 bits per heavy atom. The van der Waals surface area contributed by atoms with E-state index in [2.05, 4.69) is 15.1 Å². The third-order valence-corrected chi connectivity index (χ3v) is 3.04. The Morgan fingerprint density at radius 2 is 2.10 bits per heavy atom. The summed E-state index contributed by atoms with van der Waals surface area (Å²) in [6.45, 7) is 0. The fourth-order valence-corrected chi connectivity index (χ4v) is 2.10. The summed E-state index contributed by atoms with van der Waals surface area (Å²) in [6.07, 6.45) is -1.38.